The van der Waals surface area contributed by atoms with Gasteiger partial charge >= 0.3 is 5.97 Å². The van der Waals surface area contributed by atoms with Crippen LogP contribution >= 0.6 is 0 Å². The summed E-state index contributed by atoms with van der Waals surface area (Å²) in [5, 5.41) is 10.8. The zero-order valence-corrected chi connectivity index (χ0v) is 12.4. The van der Waals surface area contributed by atoms with Gasteiger partial charge in [-0.1, -0.05) is 32.4 Å². The van der Waals surface area contributed by atoms with Crippen LogP contribution in [-0.4, -0.2) is 23.3 Å². The molecule has 0 amide bonds. The second kappa shape index (κ2) is 7.39. The van der Waals surface area contributed by atoms with Crippen LogP contribution in [0.3, 0.4) is 0 Å². The molecule has 2 atom stereocenters. The van der Waals surface area contributed by atoms with E-state index in [1.165, 1.54) is 12.1 Å². The average molecular weight is 282 g/mol. The number of carbonyl (C=O) groups excluding carboxylic acids is 1. The highest BCUT2D eigenvalue weighted by Gasteiger charge is 2.44. The second-order valence-corrected chi connectivity index (χ2v) is 4.91. The van der Waals surface area contributed by atoms with Crippen LogP contribution in [-0.2, 0) is 9.53 Å². The Labute approximate surface area is 119 Å². The molecule has 0 aliphatic carbocycles. The van der Waals surface area contributed by atoms with Gasteiger partial charge < -0.3 is 9.84 Å². The fourth-order valence-corrected chi connectivity index (χ4v) is 2.60. The number of hydrogen-bond acceptors (Lipinski definition) is 3. The molecule has 20 heavy (non-hydrogen) atoms. The predicted molar refractivity (Wildman–Crippen MR) is 75.9 cm³/mol. The van der Waals surface area contributed by atoms with Crippen LogP contribution in [0.1, 0.15) is 51.5 Å². The molecule has 0 aliphatic rings. The third-order valence-electron chi connectivity index (χ3n) is 3.52. The van der Waals surface area contributed by atoms with Crippen LogP contribution in [0.15, 0.2) is 24.3 Å². The predicted octanol–water partition coefficient (Wildman–Crippen LogP) is 3.41. The molecule has 2 unspecified atom stereocenters. The number of halogens is 1. The smallest absolute Gasteiger partial charge is 0.338 e. The lowest BCUT2D eigenvalue weighted by molar-refractivity contribution is -0.169. The number of rotatable bonds is 7. The number of carbonyl (C=O) groups is 1. The quantitative estimate of drug-likeness (QED) is 0.779. The van der Waals surface area contributed by atoms with Crippen LogP contribution in [0, 0.1) is 5.82 Å². The molecule has 0 bridgehead atoms. The molecule has 1 N–H and O–H groups in total. The molecule has 1 rings (SSSR count). The van der Waals surface area contributed by atoms with E-state index < -0.39 is 17.5 Å². The average Bonchev–Trinajstić information content (AvgIpc) is 2.42. The summed E-state index contributed by atoms with van der Waals surface area (Å²) in [6, 6.07) is 5.91. The topological polar surface area (TPSA) is 46.5 Å². The maximum absolute atomic E-state index is 13.0. The van der Waals surface area contributed by atoms with E-state index in [2.05, 4.69) is 0 Å². The Balaban J connectivity index is 3.14. The summed E-state index contributed by atoms with van der Waals surface area (Å²) in [4.78, 5) is 12.1. The van der Waals surface area contributed by atoms with E-state index >= 15 is 0 Å². The number of hydrogen-bond donors (Lipinski definition) is 1. The number of benzene rings is 1. The van der Waals surface area contributed by atoms with Crippen molar-refractivity contribution in [3.63, 3.8) is 0 Å². The van der Waals surface area contributed by atoms with Crippen LogP contribution in [0.2, 0.25) is 0 Å². The molecule has 1 aromatic carbocycles. The van der Waals surface area contributed by atoms with Crippen LogP contribution < -0.4 is 0 Å². The first-order valence-corrected chi connectivity index (χ1v) is 7.14. The van der Waals surface area contributed by atoms with Crippen molar-refractivity contribution in [2.24, 2.45) is 0 Å². The van der Waals surface area contributed by atoms with Crippen LogP contribution in [0.4, 0.5) is 4.39 Å². The summed E-state index contributed by atoms with van der Waals surface area (Å²) in [6.45, 7) is 5.74. The van der Waals surface area contributed by atoms with E-state index in [-0.39, 0.29) is 12.4 Å². The SMILES string of the molecule is CCCC(O)(C(=O)OCC)C(CC)c1ccc(F)cc1. The maximum atomic E-state index is 13.0. The van der Waals surface area contributed by atoms with Crippen molar-refractivity contribution in [3.05, 3.63) is 35.6 Å². The van der Waals surface area contributed by atoms with E-state index in [9.17, 15) is 14.3 Å². The first-order chi connectivity index (χ1) is 9.49. The Morgan fingerprint density at radius 1 is 1.30 bits per heavy atom. The normalized spacial score (nSPS) is 15.4. The molecule has 112 valence electrons. The largest absolute Gasteiger partial charge is 0.464 e. The minimum Gasteiger partial charge on any atom is -0.464 e. The first kappa shape index (κ1) is 16.6. The molecule has 0 heterocycles. The van der Waals surface area contributed by atoms with Crippen molar-refractivity contribution in [2.45, 2.75) is 51.6 Å². The zero-order valence-electron chi connectivity index (χ0n) is 12.4. The molecule has 0 aromatic heterocycles. The minimum atomic E-state index is -1.56. The molecule has 4 heteroatoms. The van der Waals surface area contributed by atoms with Gasteiger partial charge in [0.2, 0.25) is 0 Å². The Hall–Kier alpha value is -1.42. The van der Waals surface area contributed by atoms with Gasteiger partial charge in [-0.05, 0) is 37.5 Å². The number of esters is 1. The summed E-state index contributed by atoms with van der Waals surface area (Å²) in [7, 11) is 0. The van der Waals surface area contributed by atoms with E-state index in [0.717, 1.165) is 5.56 Å². The van der Waals surface area contributed by atoms with Crippen LogP contribution in [0.5, 0.6) is 0 Å². The molecule has 0 spiro atoms. The van der Waals surface area contributed by atoms with Gasteiger partial charge in [-0.3, -0.25) is 0 Å². The maximum Gasteiger partial charge on any atom is 0.338 e. The summed E-state index contributed by atoms with van der Waals surface area (Å²) in [5.74, 6) is -1.33. The monoisotopic (exact) mass is 282 g/mol. The van der Waals surface area contributed by atoms with Gasteiger partial charge in [0, 0.05) is 5.92 Å². The minimum absolute atomic E-state index is 0.227. The highest BCUT2D eigenvalue weighted by Crippen LogP contribution is 2.36. The Bertz CT molecular complexity index is 430. The molecular formula is C16H23FO3. The van der Waals surface area contributed by atoms with Crippen molar-refractivity contribution in [2.75, 3.05) is 6.61 Å². The van der Waals surface area contributed by atoms with Gasteiger partial charge in [0.25, 0.3) is 0 Å². The summed E-state index contributed by atoms with van der Waals surface area (Å²) < 4.78 is 18.0. The van der Waals surface area contributed by atoms with Gasteiger partial charge in [0.15, 0.2) is 5.60 Å². The highest BCUT2D eigenvalue weighted by molar-refractivity contribution is 5.80. The molecular weight excluding hydrogens is 259 g/mol. The van der Waals surface area contributed by atoms with Gasteiger partial charge in [0.1, 0.15) is 5.82 Å². The van der Waals surface area contributed by atoms with E-state index in [1.807, 2.05) is 13.8 Å². The van der Waals surface area contributed by atoms with Crippen molar-refractivity contribution in [1.29, 1.82) is 0 Å². The van der Waals surface area contributed by atoms with Gasteiger partial charge in [-0.2, -0.15) is 0 Å². The van der Waals surface area contributed by atoms with Gasteiger partial charge in [-0.15, -0.1) is 0 Å². The van der Waals surface area contributed by atoms with Gasteiger partial charge in [0.05, 0.1) is 6.61 Å². The second-order valence-electron chi connectivity index (χ2n) is 4.91. The fraction of sp³-hybridized carbons (Fsp3) is 0.562. The molecule has 1 aromatic rings. The Morgan fingerprint density at radius 3 is 2.35 bits per heavy atom. The van der Waals surface area contributed by atoms with Crippen molar-refractivity contribution in [3.8, 4) is 0 Å². The summed E-state index contributed by atoms with van der Waals surface area (Å²) in [5.41, 5.74) is -0.810. The van der Waals surface area contributed by atoms with Crippen molar-refractivity contribution >= 4 is 5.97 Å². The molecule has 0 fully saturated rings. The lowest BCUT2D eigenvalue weighted by atomic mass is 9.77. The Morgan fingerprint density at radius 2 is 1.90 bits per heavy atom. The van der Waals surface area contributed by atoms with E-state index in [0.29, 0.717) is 19.3 Å². The first-order valence-electron chi connectivity index (χ1n) is 7.14. The molecule has 3 nitrogen and oxygen atoms in total. The third-order valence-corrected chi connectivity index (χ3v) is 3.52. The van der Waals surface area contributed by atoms with Crippen molar-refractivity contribution < 1.29 is 19.0 Å². The third kappa shape index (κ3) is 3.57. The number of aliphatic hydroxyl groups is 1. The van der Waals surface area contributed by atoms with E-state index in [4.69, 9.17) is 4.74 Å². The van der Waals surface area contributed by atoms with Gasteiger partial charge in [-0.25, -0.2) is 9.18 Å². The zero-order chi connectivity index (χ0) is 15.2. The molecule has 0 radical (unpaired) electrons. The standard InChI is InChI=1S/C16H23FO3/c1-4-11-16(19,15(18)20-6-3)14(5-2)12-7-9-13(17)10-8-12/h7-10,14,19H,4-6,11H2,1-3H3. The highest BCUT2D eigenvalue weighted by atomic mass is 19.1. The van der Waals surface area contributed by atoms with Crippen molar-refractivity contribution in [1.82, 2.24) is 0 Å². The summed E-state index contributed by atoms with van der Waals surface area (Å²) >= 11 is 0. The summed E-state index contributed by atoms with van der Waals surface area (Å²) in [6.07, 6.45) is 1.55. The Kier molecular flexibility index (Phi) is 6.14. The van der Waals surface area contributed by atoms with E-state index in [1.54, 1.807) is 19.1 Å². The molecule has 0 aliphatic heterocycles. The number of ether oxygens (including phenoxy) is 1. The lowest BCUT2D eigenvalue weighted by Gasteiger charge is -2.33. The lowest BCUT2D eigenvalue weighted by Crippen LogP contribution is -2.45. The fourth-order valence-electron chi connectivity index (χ4n) is 2.60. The molecule has 0 saturated heterocycles. The van der Waals surface area contributed by atoms with Crippen LogP contribution in [0.25, 0.3) is 0 Å². The molecule has 0 saturated carbocycles.